The molecule has 0 atom stereocenters. The number of anilines is 2. The Morgan fingerprint density at radius 3 is 2.29 bits per heavy atom. The molecule has 0 radical (unpaired) electrons. The largest absolute Gasteiger partial charge is 0.322 e. The first kappa shape index (κ1) is 20.4. The zero-order chi connectivity index (χ0) is 20.9. The van der Waals surface area contributed by atoms with Crippen molar-refractivity contribution in [2.75, 3.05) is 15.4 Å². The Kier molecular flexibility index (Phi) is 5.02. The molecule has 0 bridgehead atoms. The molecular weight excluding hydrogens is 400 g/mol. The van der Waals surface area contributed by atoms with Crippen LogP contribution in [0.15, 0.2) is 36.4 Å². The van der Waals surface area contributed by atoms with Crippen molar-refractivity contribution in [2.24, 2.45) is 5.41 Å². The van der Waals surface area contributed by atoms with E-state index < -0.39 is 27.3 Å². The van der Waals surface area contributed by atoms with Crippen LogP contribution in [0, 0.1) is 19.3 Å². The number of sulfonamides is 1. The average Bonchev–Trinajstić information content (AvgIpc) is 2.75. The molecule has 1 aliphatic rings. The average molecular weight is 421 g/mol. The molecule has 28 heavy (non-hydrogen) atoms. The third-order valence-electron chi connectivity index (χ3n) is 4.73. The molecule has 1 heterocycles. The van der Waals surface area contributed by atoms with Crippen LogP contribution in [0.2, 0.25) is 5.02 Å². The van der Waals surface area contributed by atoms with Gasteiger partial charge in [-0.3, -0.25) is 9.59 Å². The smallest absolute Gasteiger partial charge is 0.255 e. The Morgan fingerprint density at radius 2 is 1.75 bits per heavy atom. The van der Waals surface area contributed by atoms with Crippen LogP contribution in [0.1, 0.15) is 35.3 Å². The number of carbonyl (C=O) groups excluding carboxylic acids is 2. The van der Waals surface area contributed by atoms with Crippen LogP contribution in [0.5, 0.6) is 0 Å². The van der Waals surface area contributed by atoms with Gasteiger partial charge >= 0.3 is 0 Å². The lowest BCUT2D eigenvalue weighted by molar-refractivity contribution is -0.123. The highest BCUT2D eigenvalue weighted by Crippen LogP contribution is 2.39. The van der Waals surface area contributed by atoms with E-state index in [4.69, 9.17) is 11.6 Å². The van der Waals surface area contributed by atoms with E-state index in [2.05, 4.69) is 5.32 Å². The molecule has 6 nitrogen and oxygen atoms in total. The molecule has 0 spiro atoms. The van der Waals surface area contributed by atoms with Gasteiger partial charge in [0.2, 0.25) is 15.9 Å². The summed E-state index contributed by atoms with van der Waals surface area (Å²) in [5, 5.41) is 2.93. The Balaban J connectivity index is 2.01. The molecule has 0 unspecified atom stereocenters. The van der Waals surface area contributed by atoms with Gasteiger partial charge in [-0.25, -0.2) is 12.7 Å². The number of nitrogens with one attached hydrogen (secondary N) is 1. The quantitative estimate of drug-likeness (QED) is 0.815. The summed E-state index contributed by atoms with van der Waals surface area (Å²) in [6.45, 7) is 6.90. The summed E-state index contributed by atoms with van der Waals surface area (Å²) >= 11 is 6.19. The van der Waals surface area contributed by atoms with Gasteiger partial charge in [0, 0.05) is 11.3 Å². The molecule has 0 aromatic heterocycles. The fourth-order valence-electron chi connectivity index (χ4n) is 3.25. The van der Waals surface area contributed by atoms with Crippen LogP contribution in [-0.4, -0.2) is 26.0 Å². The number of nitrogens with zero attached hydrogens (tertiary/aromatic N) is 1. The zero-order valence-electron chi connectivity index (χ0n) is 16.0. The third-order valence-corrected chi connectivity index (χ3v) is 7.06. The molecule has 1 saturated heterocycles. The second-order valence-corrected chi connectivity index (χ2v) is 9.82. The Morgan fingerprint density at radius 1 is 1.14 bits per heavy atom. The van der Waals surface area contributed by atoms with E-state index in [1.165, 1.54) is 18.2 Å². The van der Waals surface area contributed by atoms with Gasteiger partial charge < -0.3 is 5.32 Å². The first-order chi connectivity index (χ1) is 12.9. The lowest BCUT2D eigenvalue weighted by Crippen LogP contribution is -2.33. The maximum absolute atomic E-state index is 12.8. The number of carbonyl (C=O) groups is 2. The van der Waals surface area contributed by atoms with Crippen molar-refractivity contribution in [3.8, 4) is 0 Å². The molecule has 1 aliphatic heterocycles. The summed E-state index contributed by atoms with van der Waals surface area (Å²) in [6.07, 6.45) is 0. The molecule has 2 aromatic carbocycles. The van der Waals surface area contributed by atoms with Gasteiger partial charge in [-0.1, -0.05) is 29.8 Å². The molecule has 8 heteroatoms. The van der Waals surface area contributed by atoms with Gasteiger partial charge in [0.15, 0.2) is 0 Å². The van der Waals surface area contributed by atoms with E-state index in [1.54, 1.807) is 13.8 Å². The molecule has 148 valence electrons. The van der Waals surface area contributed by atoms with Crippen molar-refractivity contribution in [3.63, 3.8) is 0 Å². The summed E-state index contributed by atoms with van der Waals surface area (Å²) in [5.74, 6) is -1.30. The number of benzene rings is 2. The minimum absolute atomic E-state index is 0.00797. The summed E-state index contributed by atoms with van der Waals surface area (Å²) in [6, 6.07) is 9.91. The summed E-state index contributed by atoms with van der Waals surface area (Å²) < 4.78 is 25.8. The second-order valence-electron chi connectivity index (χ2n) is 7.60. The first-order valence-electron chi connectivity index (χ1n) is 8.68. The van der Waals surface area contributed by atoms with E-state index in [1.807, 2.05) is 32.0 Å². The number of halogens is 1. The maximum Gasteiger partial charge on any atom is 0.255 e. The van der Waals surface area contributed by atoms with Crippen LogP contribution in [-0.2, 0) is 14.8 Å². The highest BCUT2D eigenvalue weighted by Gasteiger charge is 2.50. The van der Waals surface area contributed by atoms with Crippen LogP contribution in [0.3, 0.4) is 0 Å². The molecule has 2 amide bonds. The van der Waals surface area contributed by atoms with Gasteiger partial charge in [-0.05, 0) is 57.0 Å². The van der Waals surface area contributed by atoms with Crippen molar-refractivity contribution in [1.29, 1.82) is 0 Å². The van der Waals surface area contributed by atoms with E-state index in [0.29, 0.717) is 9.99 Å². The minimum atomic E-state index is -3.87. The summed E-state index contributed by atoms with van der Waals surface area (Å²) in [5.41, 5.74) is 1.64. The van der Waals surface area contributed by atoms with Crippen molar-refractivity contribution in [3.05, 3.63) is 58.1 Å². The van der Waals surface area contributed by atoms with E-state index in [9.17, 15) is 18.0 Å². The van der Waals surface area contributed by atoms with Gasteiger partial charge in [0.1, 0.15) is 0 Å². The molecule has 3 rings (SSSR count). The standard InChI is InChI=1S/C20H21ClN2O4S/c1-12-6-5-7-13(2)17(12)22-18(24)14-8-9-15(21)16(10-14)23-19(25)20(3,4)11-28(23,26)27/h5-10H,11H2,1-4H3,(H,22,24). The van der Waals surface area contributed by atoms with E-state index in [0.717, 1.165) is 11.1 Å². The van der Waals surface area contributed by atoms with Crippen LogP contribution in [0.25, 0.3) is 0 Å². The minimum Gasteiger partial charge on any atom is -0.322 e. The van der Waals surface area contributed by atoms with Crippen molar-refractivity contribution in [2.45, 2.75) is 27.7 Å². The lowest BCUT2D eigenvalue weighted by atomic mass is 9.95. The second kappa shape index (κ2) is 6.90. The number of amides is 2. The van der Waals surface area contributed by atoms with Gasteiger partial charge in [0.05, 0.1) is 21.9 Å². The fourth-order valence-corrected chi connectivity index (χ4v) is 5.62. The molecule has 2 aromatic rings. The predicted molar refractivity (Wildman–Crippen MR) is 110 cm³/mol. The first-order valence-corrected chi connectivity index (χ1v) is 10.7. The number of hydrogen-bond donors (Lipinski definition) is 1. The molecule has 0 saturated carbocycles. The topological polar surface area (TPSA) is 83.6 Å². The van der Waals surface area contributed by atoms with Gasteiger partial charge in [-0.2, -0.15) is 0 Å². The number of aryl methyl sites for hydroxylation is 2. The normalized spacial score (nSPS) is 17.6. The zero-order valence-corrected chi connectivity index (χ0v) is 17.6. The van der Waals surface area contributed by atoms with Crippen LogP contribution >= 0.6 is 11.6 Å². The van der Waals surface area contributed by atoms with Crippen LogP contribution < -0.4 is 9.62 Å². The van der Waals surface area contributed by atoms with Crippen LogP contribution in [0.4, 0.5) is 11.4 Å². The molecule has 0 aliphatic carbocycles. The number of para-hydroxylation sites is 1. The highest BCUT2D eigenvalue weighted by atomic mass is 35.5. The maximum atomic E-state index is 12.8. The van der Waals surface area contributed by atoms with Gasteiger partial charge in [0.25, 0.3) is 5.91 Å². The summed E-state index contributed by atoms with van der Waals surface area (Å²) in [4.78, 5) is 25.4. The SMILES string of the molecule is Cc1cccc(C)c1NC(=O)c1ccc(Cl)c(N2C(=O)C(C)(C)CS2(=O)=O)c1. The number of rotatable bonds is 3. The monoisotopic (exact) mass is 420 g/mol. The van der Waals surface area contributed by atoms with E-state index >= 15 is 0 Å². The predicted octanol–water partition coefficient (Wildman–Crippen LogP) is 3.91. The highest BCUT2D eigenvalue weighted by molar-refractivity contribution is 7.94. The lowest BCUT2D eigenvalue weighted by Gasteiger charge is -2.19. The van der Waals surface area contributed by atoms with Crippen molar-refractivity contribution < 1.29 is 18.0 Å². The van der Waals surface area contributed by atoms with Crippen molar-refractivity contribution in [1.82, 2.24) is 0 Å². The molecular formula is C20H21ClN2O4S. The van der Waals surface area contributed by atoms with Gasteiger partial charge in [-0.15, -0.1) is 0 Å². The van der Waals surface area contributed by atoms with E-state index in [-0.39, 0.29) is 22.0 Å². The third kappa shape index (κ3) is 3.52. The Hall–Kier alpha value is -2.38. The fraction of sp³-hybridized carbons (Fsp3) is 0.300. The molecule has 1 fully saturated rings. The Bertz CT molecular complexity index is 1070. The van der Waals surface area contributed by atoms with Crippen molar-refractivity contribution >= 4 is 44.8 Å². The summed E-state index contributed by atoms with van der Waals surface area (Å²) in [7, 11) is -3.87. The molecule has 1 N–H and O–H groups in total. The Labute approximate surface area is 169 Å². The number of hydrogen-bond acceptors (Lipinski definition) is 4.